The zero-order valence-electron chi connectivity index (χ0n) is 7.19. The highest BCUT2D eigenvalue weighted by molar-refractivity contribution is 9.10. The molecule has 1 aliphatic rings. The number of halogens is 2. The highest BCUT2D eigenvalue weighted by Gasteiger charge is 2.19. The highest BCUT2D eigenvalue weighted by atomic mass is 79.9. The van der Waals surface area contributed by atoms with Crippen molar-refractivity contribution in [3.8, 4) is 0 Å². The molecule has 1 aromatic rings. The van der Waals surface area contributed by atoms with Crippen LogP contribution in [0.2, 0.25) is 0 Å². The van der Waals surface area contributed by atoms with E-state index in [0.29, 0.717) is 10.4 Å². The fourth-order valence-corrected chi connectivity index (χ4v) is 2.34. The van der Waals surface area contributed by atoms with Crippen LogP contribution in [-0.2, 0) is 0 Å². The van der Waals surface area contributed by atoms with Crippen molar-refractivity contribution < 1.29 is 4.39 Å². The van der Waals surface area contributed by atoms with Gasteiger partial charge in [0.25, 0.3) is 0 Å². The van der Waals surface area contributed by atoms with E-state index in [9.17, 15) is 4.39 Å². The molecule has 1 fully saturated rings. The van der Waals surface area contributed by atoms with Gasteiger partial charge in [-0.15, -0.1) is 0 Å². The average molecular weight is 244 g/mol. The first-order valence-electron chi connectivity index (χ1n) is 4.43. The van der Waals surface area contributed by atoms with Gasteiger partial charge in [0, 0.05) is 6.54 Å². The third kappa shape index (κ3) is 1.76. The van der Waals surface area contributed by atoms with Crippen molar-refractivity contribution in [2.45, 2.75) is 12.3 Å². The van der Waals surface area contributed by atoms with Crippen LogP contribution in [0.4, 0.5) is 4.39 Å². The van der Waals surface area contributed by atoms with Crippen LogP contribution in [-0.4, -0.2) is 13.1 Å². The molecule has 0 radical (unpaired) electrons. The second kappa shape index (κ2) is 3.76. The molecule has 1 atom stereocenters. The van der Waals surface area contributed by atoms with Crippen molar-refractivity contribution in [1.29, 1.82) is 0 Å². The molecule has 0 saturated carbocycles. The lowest BCUT2D eigenvalue weighted by molar-refractivity contribution is 0.613. The van der Waals surface area contributed by atoms with E-state index in [1.165, 1.54) is 6.07 Å². The average Bonchev–Trinajstić information content (AvgIpc) is 2.62. The quantitative estimate of drug-likeness (QED) is 0.800. The molecule has 1 aromatic carbocycles. The van der Waals surface area contributed by atoms with Crippen molar-refractivity contribution in [3.05, 3.63) is 34.1 Å². The summed E-state index contributed by atoms with van der Waals surface area (Å²) >= 11 is 3.29. The maximum Gasteiger partial charge on any atom is 0.137 e. The first kappa shape index (κ1) is 9.16. The van der Waals surface area contributed by atoms with Crippen molar-refractivity contribution in [2.75, 3.05) is 13.1 Å². The monoisotopic (exact) mass is 243 g/mol. The minimum absolute atomic E-state index is 0.163. The lowest BCUT2D eigenvalue weighted by Gasteiger charge is -2.11. The van der Waals surface area contributed by atoms with E-state index in [0.717, 1.165) is 25.1 Å². The smallest absolute Gasteiger partial charge is 0.137 e. The molecule has 70 valence electrons. The summed E-state index contributed by atoms with van der Waals surface area (Å²) in [6.07, 6.45) is 1.10. The zero-order valence-corrected chi connectivity index (χ0v) is 8.77. The van der Waals surface area contributed by atoms with Crippen molar-refractivity contribution in [2.24, 2.45) is 0 Å². The molecule has 1 unspecified atom stereocenters. The molecule has 13 heavy (non-hydrogen) atoms. The molecule has 0 bridgehead atoms. The number of rotatable bonds is 1. The summed E-state index contributed by atoms with van der Waals surface area (Å²) in [5.41, 5.74) is 1.09. The lowest BCUT2D eigenvalue weighted by atomic mass is 9.98. The number of benzene rings is 1. The molecule has 1 saturated heterocycles. The summed E-state index contributed by atoms with van der Waals surface area (Å²) in [4.78, 5) is 0. The maximum atomic E-state index is 13.2. The van der Waals surface area contributed by atoms with Gasteiger partial charge in [-0.3, -0.25) is 0 Å². The van der Waals surface area contributed by atoms with Crippen LogP contribution in [0.3, 0.4) is 0 Å². The van der Waals surface area contributed by atoms with Crippen LogP contribution in [0.5, 0.6) is 0 Å². The Hall–Kier alpha value is -0.410. The molecule has 0 amide bonds. The summed E-state index contributed by atoms with van der Waals surface area (Å²) in [7, 11) is 0. The first-order chi connectivity index (χ1) is 6.29. The maximum absolute atomic E-state index is 13.2. The molecule has 0 spiro atoms. The molecule has 1 heterocycles. The lowest BCUT2D eigenvalue weighted by Crippen LogP contribution is -2.08. The SMILES string of the molecule is Fc1cccc(C2CCNC2)c1Br. The predicted molar refractivity (Wildman–Crippen MR) is 54.3 cm³/mol. The molecule has 0 aliphatic carbocycles. The third-order valence-electron chi connectivity index (χ3n) is 2.48. The first-order valence-corrected chi connectivity index (χ1v) is 5.23. The van der Waals surface area contributed by atoms with Gasteiger partial charge in [0.1, 0.15) is 5.82 Å². The van der Waals surface area contributed by atoms with Crippen LogP contribution in [0, 0.1) is 5.82 Å². The van der Waals surface area contributed by atoms with Crippen molar-refractivity contribution in [3.63, 3.8) is 0 Å². The second-order valence-electron chi connectivity index (χ2n) is 3.33. The van der Waals surface area contributed by atoms with Gasteiger partial charge in [0.15, 0.2) is 0 Å². The summed E-state index contributed by atoms with van der Waals surface area (Å²) < 4.78 is 13.8. The van der Waals surface area contributed by atoms with Crippen molar-refractivity contribution >= 4 is 15.9 Å². The van der Waals surface area contributed by atoms with Gasteiger partial charge in [0.2, 0.25) is 0 Å². The second-order valence-corrected chi connectivity index (χ2v) is 4.13. The van der Waals surface area contributed by atoms with Gasteiger partial charge in [-0.25, -0.2) is 4.39 Å². The molecule has 0 aromatic heterocycles. The minimum atomic E-state index is -0.163. The van der Waals surface area contributed by atoms with E-state index in [2.05, 4.69) is 21.2 Å². The van der Waals surface area contributed by atoms with Gasteiger partial charge in [-0.05, 0) is 46.4 Å². The van der Waals surface area contributed by atoms with E-state index in [4.69, 9.17) is 0 Å². The molecule has 1 N–H and O–H groups in total. The summed E-state index contributed by atoms with van der Waals surface area (Å²) in [5, 5.41) is 3.27. The number of nitrogens with one attached hydrogen (secondary N) is 1. The topological polar surface area (TPSA) is 12.0 Å². The Balaban J connectivity index is 2.33. The van der Waals surface area contributed by atoms with E-state index >= 15 is 0 Å². The molecule has 1 nitrogen and oxygen atoms in total. The fourth-order valence-electron chi connectivity index (χ4n) is 1.76. The Morgan fingerprint density at radius 3 is 3.00 bits per heavy atom. The van der Waals surface area contributed by atoms with E-state index in [-0.39, 0.29) is 5.82 Å². The van der Waals surface area contributed by atoms with E-state index in [1.807, 2.05) is 6.07 Å². The largest absolute Gasteiger partial charge is 0.316 e. The predicted octanol–water partition coefficient (Wildman–Crippen LogP) is 2.67. The van der Waals surface area contributed by atoms with Gasteiger partial charge in [-0.1, -0.05) is 12.1 Å². The van der Waals surface area contributed by atoms with Gasteiger partial charge in [-0.2, -0.15) is 0 Å². The third-order valence-corrected chi connectivity index (χ3v) is 3.32. The highest BCUT2D eigenvalue weighted by Crippen LogP contribution is 2.30. The molecule has 3 heteroatoms. The Labute approximate surface area is 85.5 Å². The Morgan fingerprint density at radius 2 is 2.31 bits per heavy atom. The minimum Gasteiger partial charge on any atom is -0.316 e. The van der Waals surface area contributed by atoms with Gasteiger partial charge < -0.3 is 5.32 Å². The van der Waals surface area contributed by atoms with Gasteiger partial charge >= 0.3 is 0 Å². The number of hydrogen-bond donors (Lipinski definition) is 1. The fraction of sp³-hybridized carbons (Fsp3) is 0.400. The molecule has 1 aliphatic heterocycles. The normalized spacial score (nSPS) is 22.2. The Morgan fingerprint density at radius 1 is 1.46 bits per heavy atom. The summed E-state index contributed by atoms with van der Waals surface area (Å²) in [6, 6.07) is 5.24. The van der Waals surface area contributed by atoms with Crippen LogP contribution in [0.1, 0.15) is 17.9 Å². The molecular formula is C10H11BrFN. The molecule has 2 rings (SSSR count). The Kier molecular flexibility index (Phi) is 2.65. The van der Waals surface area contributed by atoms with Crippen LogP contribution in [0.25, 0.3) is 0 Å². The summed E-state index contributed by atoms with van der Waals surface area (Å²) in [5.74, 6) is 0.300. The van der Waals surface area contributed by atoms with Crippen molar-refractivity contribution in [1.82, 2.24) is 5.32 Å². The Bertz CT molecular complexity index is 308. The standard InChI is InChI=1S/C10H11BrFN/c11-10-8(2-1-3-9(10)12)7-4-5-13-6-7/h1-3,7,13H,4-6H2. The molecular weight excluding hydrogens is 233 g/mol. The van der Waals surface area contributed by atoms with E-state index < -0.39 is 0 Å². The number of hydrogen-bond acceptors (Lipinski definition) is 1. The summed E-state index contributed by atoms with van der Waals surface area (Å²) in [6.45, 7) is 2.00. The van der Waals surface area contributed by atoms with Crippen LogP contribution < -0.4 is 5.32 Å². The van der Waals surface area contributed by atoms with Gasteiger partial charge in [0.05, 0.1) is 4.47 Å². The van der Waals surface area contributed by atoms with Crippen LogP contribution in [0.15, 0.2) is 22.7 Å². The van der Waals surface area contributed by atoms with Crippen LogP contribution >= 0.6 is 15.9 Å². The zero-order chi connectivity index (χ0) is 9.26. The van der Waals surface area contributed by atoms with E-state index in [1.54, 1.807) is 6.07 Å².